The van der Waals surface area contributed by atoms with Gasteiger partial charge in [-0.25, -0.2) is 0 Å². The molecule has 1 saturated heterocycles. The molecule has 5 heteroatoms. The van der Waals surface area contributed by atoms with Crippen LogP contribution in [0.5, 0.6) is 0 Å². The summed E-state index contributed by atoms with van der Waals surface area (Å²) in [5, 5.41) is 6.99. The first kappa shape index (κ1) is 17.0. The van der Waals surface area contributed by atoms with E-state index in [9.17, 15) is 0 Å². The minimum Gasteiger partial charge on any atom is -0.379 e. The topological polar surface area (TPSA) is 48.9 Å². The van der Waals surface area contributed by atoms with Gasteiger partial charge in [0.1, 0.15) is 0 Å². The van der Waals surface area contributed by atoms with Crippen molar-refractivity contribution in [3.05, 3.63) is 0 Å². The monoisotopic (exact) mass is 322 g/mol. The summed E-state index contributed by atoms with van der Waals surface area (Å²) in [5.74, 6) is 1.80. The van der Waals surface area contributed by atoms with Crippen LogP contribution < -0.4 is 10.6 Å². The van der Waals surface area contributed by atoms with E-state index in [2.05, 4.69) is 27.4 Å². The molecule has 132 valence electrons. The number of aliphatic imine (C=N–C) groups is 1. The van der Waals surface area contributed by atoms with Crippen molar-refractivity contribution in [2.24, 2.45) is 10.9 Å². The predicted molar refractivity (Wildman–Crippen MR) is 94.9 cm³/mol. The van der Waals surface area contributed by atoms with Gasteiger partial charge >= 0.3 is 0 Å². The van der Waals surface area contributed by atoms with Crippen molar-refractivity contribution in [3.63, 3.8) is 0 Å². The lowest BCUT2D eigenvalue weighted by atomic mass is 10.2. The maximum atomic E-state index is 5.67. The molecule has 1 atom stereocenters. The van der Waals surface area contributed by atoms with E-state index in [0.717, 1.165) is 44.2 Å². The molecule has 0 spiro atoms. The van der Waals surface area contributed by atoms with Gasteiger partial charge in [-0.05, 0) is 44.9 Å². The van der Waals surface area contributed by atoms with Crippen LogP contribution in [0.2, 0.25) is 0 Å². The van der Waals surface area contributed by atoms with Crippen LogP contribution in [0, 0.1) is 5.92 Å². The SMILES string of the molecule is CCNC(=NCCOCC1CC1)NC1CCN(C2CCCC2)C1. The third kappa shape index (κ3) is 5.64. The third-order valence-corrected chi connectivity index (χ3v) is 5.30. The molecule has 2 N–H and O–H groups in total. The van der Waals surface area contributed by atoms with E-state index in [1.807, 2.05) is 0 Å². The van der Waals surface area contributed by atoms with Gasteiger partial charge in [0.25, 0.3) is 0 Å². The lowest BCUT2D eigenvalue weighted by molar-refractivity contribution is 0.131. The number of hydrogen-bond donors (Lipinski definition) is 2. The molecule has 0 radical (unpaired) electrons. The molecule has 1 aliphatic heterocycles. The molecule has 0 amide bonds. The van der Waals surface area contributed by atoms with Gasteiger partial charge in [0.2, 0.25) is 0 Å². The van der Waals surface area contributed by atoms with Gasteiger partial charge in [-0.15, -0.1) is 0 Å². The number of nitrogens with one attached hydrogen (secondary N) is 2. The van der Waals surface area contributed by atoms with E-state index in [0.29, 0.717) is 6.04 Å². The van der Waals surface area contributed by atoms with Gasteiger partial charge in [0.15, 0.2) is 5.96 Å². The molecular formula is C18H34N4O. The second kappa shape index (κ2) is 8.88. The molecule has 3 fully saturated rings. The van der Waals surface area contributed by atoms with Crippen molar-refractivity contribution in [1.29, 1.82) is 0 Å². The van der Waals surface area contributed by atoms with Crippen LogP contribution in [0.3, 0.4) is 0 Å². The summed E-state index contributed by atoms with van der Waals surface area (Å²) < 4.78 is 5.67. The van der Waals surface area contributed by atoms with E-state index < -0.39 is 0 Å². The number of likely N-dealkylation sites (tertiary alicyclic amines) is 1. The minimum atomic E-state index is 0.542. The highest BCUT2D eigenvalue weighted by atomic mass is 16.5. The number of guanidine groups is 1. The van der Waals surface area contributed by atoms with Crippen LogP contribution in [-0.4, -0.2) is 62.3 Å². The summed E-state index contributed by atoms with van der Waals surface area (Å²) in [4.78, 5) is 7.36. The van der Waals surface area contributed by atoms with Crippen LogP contribution in [0.1, 0.15) is 51.9 Å². The van der Waals surface area contributed by atoms with Gasteiger partial charge < -0.3 is 15.4 Å². The van der Waals surface area contributed by atoms with Crippen molar-refractivity contribution < 1.29 is 4.74 Å². The molecule has 3 aliphatic rings. The number of rotatable bonds is 8. The zero-order chi connectivity index (χ0) is 15.9. The maximum absolute atomic E-state index is 5.67. The van der Waals surface area contributed by atoms with E-state index in [-0.39, 0.29) is 0 Å². The minimum absolute atomic E-state index is 0.542. The van der Waals surface area contributed by atoms with E-state index >= 15 is 0 Å². The van der Waals surface area contributed by atoms with Gasteiger partial charge in [-0.1, -0.05) is 12.8 Å². The Kier molecular flexibility index (Phi) is 6.57. The molecule has 3 rings (SSSR count). The summed E-state index contributed by atoms with van der Waals surface area (Å²) in [7, 11) is 0. The highest BCUT2D eigenvalue weighted by molar-refractivity contribution is 5.80. The Labute approximate surface area is 141 Å². The molecule has 23 heavy (non-hydrogen) atoms. The van der Waals surface area contributed by atoms with Crippen LogP contribution in [0.15, 0.2) is 4.99 Å². The van der Waals surface area contributed by atoms with Crippen LogP contribution >= 0.6 is 0 Å². The second-order valence-electron chi connectivity index (χ2n) is 7.34. The van der Waals surface area contributed by atoms with E-state index in [4.69, 9.17) is 4.74 Å². The number of hydrogen-bond acceptors (Lipinski definition) is 3. The molecule has 1 heterocycles. The Morgan fingerprint density at radius 1 is 1.17 bits per heavy atom. The lowest BCUT2D eigenvalue weighted by Gasteiger charge is -2.24. The van der Waals surface area contributed by atoms with Crippen LogP contribution in [0.25, 0.3) is 0 Å². The second-order valence-corrected chi connectivity index (χ2v) is 7.34. The van der Waals surface area contributed by atoms with Gasteiger partial charge in [-0.3, -0.25) is 9.89 Å². The summed E-state index contributed by atoms with van der Waals surface area (Å²) in [6.45, 7) is 7.87. The highest BCUT2D eigenvalue weighted by Crippen LogP contribution is 2.28. The Hall–Kier alpha value is -0.810. The van der Waals surface area contributed by atoms with Crippen molar-refractivity contribution in [2.45, 2.75) is 64.0 Å². The fourth-order valence-electron chi connectivity index (χ4n) is 3.78. The van der Waals surface area contributed by atoms with E-state index in [1.54, 1.807) is 0 Å². The fraction of sp³-hybridized carbons (Fsp3) is 0.944. The fourth-order valence-corrected chi connectivity index (χ4v) is 3.78. The Morgan fingerprint density at radius 3 is 2.74 bits per heavy atom. The van der Waals surface area contributed by atoms with Gasteiger partial charge in [0, 0.05) is 38.3 Å². The standard InChI is InChI=1S/C18H34N4O/c1-2-19-18(20-10-12-23-14-15-7-8-15)21-16-9-11-22(13-16)17-5-3-4-6-17/h15-17H,2-14H2,1H3,(H2,19,20,21). The highest BCUT2D eigenvalue weighted by Gasteiger charge is 2.30. The largest absolute Gasteiger partial charge is 0.379 e. The van der Waals surface area contributed by atoms with Crippen molar-refractivity contribution in [3.8, 4) is 0 Å². The first-order chi connectivity index (χ1) is 11.3. The summed E-state index contributed by atoms with van der Waals surface area (Å²) >= 11 is 0. The first-order valence-corrected chi connectivity index (χ1v) is 9.71. The number of ether oxygens (including phenoxy) is 1. The molecule has 0 aromatic carbocycles. The first-order valence-electron chi connectivity index (χ1n) is 9.71. The molecule has 2 saturated carbocycles. The Morgan fingerprint density at radius 2 is 2.00 bits per heavy atom. The zero-order valence-corrected chi connectivity index (χ0v) is 14.7. The smallest absolute Gasteiger partial charge is 0.191 e. The van der Waals surface area contributed by atoms with E-state index in [1.165, 1.54) is 58.0 Å². The van der Waals surface area contributed by atoms with Crippen LogP contribution in [-0.2, 0) is 4.74 Å². The normalized spacial score (nSPS) is 26.8. The number of nitrogens with zero attached hydrogens (tertiary/aromatic N) is 2. The van der Waals surface area contributed by atoms with Crippen molar-refractivity contribution in [2.75, 3.05) is 39.4 Å². The molecule has 0 aromatic rings. The van der Waals surface area contributed by atoms with Crippen LogP contribution in [0.4, 0.5) is 0 Å². The van der Waals surface area contributed by atoms with Gasteiger partial charge in [0.05, 0.1) is 13.2 Å². The molecule has 0 aromatic heterocycles. The quantitative estimate of drug-likeness (QED) is 0.408. The zero-order valence-electron chi connectivity index (χ0n) is 14.7. The molecule has 2 aliphatic carbocycles. The Bertz CT molecular complexity index is 377. The summed E-state index contributed by atoms with van der Waals surface area (Å²) in [5.41, 5.74) is 0. The molecule has 1 unspecified atom stereocenters. The average Bonchev–Trinajstić information content (AvgIpc) is 3.02. The summed E-state index contributed by atoms with van der Waals surface area (Å²) in [6, 6.07) is 1.39. The maximum Gasteiger partial charge on any atom is 0.191 e. The van der Waals surface area contributed by atoms with Gasteiger partial charge in [-0.2, -0.15) is 0 Å². The van der Waals surface area contributed by atoms with Crippen molar-refractivity contribution in [1.82, 2.24) is 15.5 Å². The lowest BCUT2D eigenvalue weighted by Crippen LogP contribution is -2.45. The third-order valence-electron chi connectivity index (χ3n) is 5.30. The Balaban J connectivity index is 1.37. The summed E-state index contributed by atoms with van der Waals surface area (Å²) in [6.07, 6.45) is 9.59. The average molecular weight is 322 g/mol. The molecule has 5 nitrogen and oxygen atoms in total. The predicted octanol–water partition coefficient (Wildman–Crippen LogP) is 1.99. The van der Waals surface area contributed by atoms with Crippen molar-refractivity contribution >= 4 is 5.96 Å². The molecular weight excluding hydrogens is 288 g/mol. The molecule has 0 bridgehead atoms.